The first-order valence-electron chi connectivity index (χ1n) is 4.17. The first kappa shape index (κ1) is 11.4. The van der Waals surface area contributed by atoms with Gasteiger partial charge in [-0.2, -0.15) is 12.7 Å². The zero-order valence-electron chi connectivity index (χ0n) is 7.51. The maximum Gasteiger partial charge on any atom is 0.306 e. The number of aliphatic carboxylic acids is 1. The van der Waals surface area contributed by atoms with Crippen LogP contribution in [0.4, 0.5) is 0 Å². The van der Waals surface area contributed by atoms with E-state index in [-0.39, 0.29) is 13.1 Å². The fraction of sp³-hybridized carbons (Fsp3) is 0.833. The molecule has 0 aromatic heterocycles. The number of hydrogen-bond donors (Lipinski definition) is 3. The molecule has 1 heterocycles. The Morgan fingerprint density at radius 1 is 1.43 bits per heavy atom. The second-order valence-electron chi connectivity index (χ2n) is 3.13. The Balaban J connectivity index is 2.56. The number of carboxylic acids is 1. The average Bonchev–Trinajstić information content (AvgIpc) is 2.18. The summed E-state index contributed by atoms with van der Waals surface area (Å²) in [4.78, 5) is 12.3. The average molecular weight is 223 g/mol. The van der Waals surface area contributed by atoms with Gasteiger partial charge in [-0.05, 0) is 12.8 Å². The molecule has 0 aromatic rings. The van der Waals surface area contributed by atoms with Gasteiger partial charge in [0.1, 0.15) is 0 Å². The van der Waals surface area contributed by atoms with Crippen LogP contribution >= 0.6 is 0 Å². The van der Waals surface area contributed by atoms with Crippen molar-refractivity contribution in [3.8, 4) is 0 Å². The normalized spacial score (nSPS) is 20.9. The molecule has 0 saturated carbocycles. The Morgan fingerprint density at radius 3 is 2.29 bits per heavy atom. The minimum Gasteiger partial charge on any atom is -0.481 e. The molecule has 0 bridgehead atoms. The second kappa shape index (κ2) is 4.22. The maximum atomic E-state index is 11.2. The monoisotopic (exact) mass is 223 g/mol. The molecule has 1 aliphatic heterocycles. The van der Waals surface area contributed by atoms with Crippen molar-refractivity contribution in [1.29, 1.82) is 0 Å². The zero-order valence-corrected chi connectivity index (χ0v) is 8.33. The van der Waals surface area contributed by atoms with Gasteiger partial charge < -0.3 is 5.11 Å². The smallest absolute Gasteiger partial charge is 0.306 e. The molecule has 0 aromatic carbocycles. The van der Waals surface area contributed by atoms with Crippen molar-refractivity contribution in [3.63, 3.8) is 0 Å². The van der Waals surface area contributed by atoms with E-state index >= 15 is 0 Å². The van der Waals surface area contributed by atoms with Gasteiger partial charge in [-0.3, -0.25) is 10.6 Å². The van der Waals surface area contributed by atoms with Gasteiger partial charge in [0.05, 0.1) is 5.92 Å². The predicted octanol–water partition coefficient (Wildman–Crippen LogP) is -1.51. The summed E-state index contributed by atoms with van der Waals surface area (Å²) < 4.78 is 23.5. The third-order valence-electron chi connectivity index (χ3n) is 2.29. The fourth-order valence-corrected chi connectivity index (χ4v) is 2.26. The molecule has 0 spiro atoms. The number of carboxylic acid groups (broad SMARTS) is 1. The summed E-state index contributed by atoms with van der Waals surface area (Å²) in [5.74, 6) is 3.52. The number of rotatable bonds is 3. The zero-order chi connectivity index (χ0) is 10.8. The van der Waals surface area contributed by atoms with E-state index in [1.807, 2.05) is 0 Å². The number of piperidine rings is 1. The van der Waals surface area contributed by atoms with Crippen LogP contribution in [0.3, 0.4) is 0 Å². The van der Waals surface area contributed by atoms with Crippen LogP contribution in [0.15, 0.2) is 0 Å². The van der Waals surface area contributed by atoms with Crippen molar-refractivity contribution in [2.24, 2.45) is 11.8 Å². The highest BCUT2D eigenvalue weighted by atomic mass is 32.2. The van der Waals surface area contributed by atoms with Crippen LogP contribution in [0.1, 0.15) is 12.8 Å². The van der Waals surface area contributed by atoms with Crippen LogP contribution in [0.5, 0.6) is 0 Å². The fourth-order valence-electron chi connectivity index (χ4n) is 1.42. The van der Waals surface area contributed by atoms with Gasteiger partial charge in [0.2, 0.25) is 0 Å². The first-order valence-corrected chi connectivity index (χ1v) is 5.61. The first-order chi connectivity index (χ1) is 6.47. The minimum atomic E-state index is -3.60. The van der Waals surface area contributed by atoms with Gasteiger partial charge in [-0.25, -0.2) is 0 Å². The van der Waals surface area contributed by atoms with Crippen molar-refractivity contribution >= 4 is 16.2 Å². The van der Waals surface area contributed by atoms with Crippen molar-refractivity contribution in [3.05, 3.63) is 0 Å². The SMILES string of the molecule is NNS(=O)(=O)N1CCC(C(=O)O)CC1. The quantitative estimate of drug-likeness (QED) is 0.398. The van der Waals surface area contributed by atoms with Crippen LogP contribution in [0.25, 0.3) is 0 Å². The van der Waals surface area contributed by atoms with Crippen LogP contribution < -0.4 is 10.7 Å². The number of nitrogens with one attached hydrogen (secondary N) is 1. The third-order valence-corrected chi connectivity index (χ3v) is 3.63. The van der Waals surface area contributed by atoms with E-state index in [1.54, 1.807) is 4.83 Å². The molecule has 82 valence electrons. The molecule has 14 heavy (non-hydrogen) atoms. The van der Waals surface area contributed by atoms with Crippen LogP contribution in [-0.4, -0.2) is 36.9 Å². The lowest BCUT2D eigenvalue weighted by atomic mass is 9.99. The lowest BCUT2D eigenvalue weighted by Crippen LogP contribution is -2.48. The van der Waals surface area contributed by atoms with E-state index in [9.17, 15) is 13.2 Å². The third kappa shape index (κ3) is 2.41. The molecule has 1 saturated heterocycles. The highest BCUT2D eigenvalue weighted by molar-refractivity contribution is 7.87. The summed E-state index contributed by atoms with van der Waals surface area (Å²) in [6.45, 7) is 0.396. The molecule has 7 nitrogen and oxygen atoms in total. The van der Waals surface area contributed by atoms with Gasteiger partial charge in [-0.1, -0.05) is 0 Å². The van der Waals surface area contributed by atoms with Crippen molar-refractivity contribution in [1.82, 2.24) is 9.14 Å². The number of carbonyl (C=O) groups is 1. The summed E-state index contributed by atoms with van der Waals surface area (Å²) in [5, 5.41) is 8.68. The minimum absolute atomic E-state index is 0.198. The topological polar surface area (TPSA) is 113 Å². The summed E-state index contributed by atoms with van der Waals surface area (Å²) >= 11 is 0. The van der Waals surface area contributed by atoms with Crippen molar-refractivity contribution < 1.29 is 18.3 Å². The number of hydrogen-bond acceptors (Lipinski definition) is 4. The number of hydrazine groups is 1. The maximum absolute atomic E-state index is 11.2. The Kier molecular flexibility index (Phi) is 3.43. The summed E-state index contributed by atoms with van der Waals surface area (Å²) in [7, 11) is -3.60. The molecule has 0 atom stereocenters. The van der Waals surface area contributed by atoms with Gasteiger partial charge in [0.15, 0.2) is 0 Å². The summed E-state index contributed by atoms with van der Waals surface area (Å²) in [5.41, 5.74) is 0. The van der Waals surface area contributed by atoms with Gasteiger partial charge in [-0.15, -0.1) is 4.83 Å². The Labute approximate surface area is 82.0 Å². The highest BCUT2D eigenvalue weighted by Crippen LogP contribution is 2.18. The molecule has 0 aliphatic carbocycles. The Morgan fingerprint density at radius 2 is 1.93 bits per heavy atom. The van der Waals surface area contributed by atoms with Gasteiger partial charge in [0, 0.05) is 13.1 Å². The Hall–Kier alpha value is -0.700. The van der Waals surface area contributed by atoms with E-state index < -0.39 is 22.1 Å². The van der Waals surface area contributed by atoms with Gasteiger partial charge >= 0.3 is 5.97 Å². The molecule has 0 radical (unpaired) electrons. The molecular weight excluding hydrogens is 210 g/mol. The molecule has 8 heteroatoms. The van der Waals surface area contributed by atoms with E-state index in [0.717, 1.165) is 4.31 Å². The van der Waals surface area contributed by atoms with Crippen LogP contribution in [-0.2, 0) is 15.0 Å². The van der Waals surface area contributed by atoms with Crippen molar-refractivity contribution in [2.45, 2.75) is 12.8 Å². The molecule has 0 unspecified atom stereocenters. The molecule has 1 fully saturated rings. The molecule has 1 rings (SSSR count). The molecule has 0 amide bonds. The second-order valence-corrected chi connectivity index (χ2v) is 4.84. The standard InChI is InChI=1S/C6H13N3O4S/c7-8-14(12,13)9-3-1-5(2-4-9)6(10)11/h5,8H,1-4,7H2,(H,10,11). The van der Waals surface area contributed by atoms with Crippen LogP contribution in [0, 0.1) is 5.92 Å². The van der Waals surface area contributed by atoms with Gasteiger partial charge in [0.25, 0.3) is 10.2 Å². The highest BCUT2D eigenvalue weighted by Gasteiger charge is 2.30. The lowest BCUT2D eigenvalue weighted by molar-refractivity contribution is -0.142. The Bertz CT molecular complexity index is 307. The molecular formula is C6H13N3O4S. The van der Waals surface area contributed by atoms with E-state index in [4.69, 9.17) is 10.9 Å². The summed E-state index contributed by atoms with van der Waals surface area (Å²) in [6, 6.07) is 0. The molecule has 4 N–H and O–H groups in total. The van der Waals surface area contributed by atoms with E-state index in [1.165, 1.54) is 0 Å². The molecule has 1 aliphatic rings. The predicted molar refractivity (Wildman–Crippen MR) is 48.2 cm³/mol. The van der Waals surface area contributed by atoms with Crippen molar-refractivity contribution in [2.75, 3.05) is 13.1 Å². The summed E-state index contributed by atoms with van der Waals surface area (Å²) in [6.07, 6.45) is 0.659. The number of nitrogens with zero attached hydrogens (tertiary/aromatic N) is 1. The van der Waals surface area contributed by atoms with E-state index in [2.05, 4.69) is 0 Å². The largest absolute Gasteiger partial charge is 0.481 e. The lowest BCUT2D eigenvalue weighted by Gasteiger charge is -2.28. The van der Waals surface area contributed by atoms with Crippen LogP contribution in [0.2, 0.25) is 0 Å². The number of nitrogens with two attached hydrogens (primary N) is 1. The van der Waals surface area contributed by atoms with E-state index in [0.29, 0.717) is 12.8 Å².